The van der Waals surface area contributed by atoms with E-state index in [2.05, 4.69) is 15.3 Å². The molecule has 1 aromatic heterocycles. The molecular formula is C16H20N4O8S2. The van der Waals surface area contributed by atoms with E-state index in [1.807, 2.05) is 0 Å². The van der Waals surface area contributed by atoms with Gasteiger partial charge in [0.2, 0.25) is 17.7 Å². The van der Waals surface area contributed by atoms with E-state index in [0.29, 0.717) is 0 Å². The van der Waals surface area contributed by atoms with Crippen LogP contribution in [0.4, 0.5) is 10.7 Å². The molecule has 0 aliphatic rings. The fourth-order valence-corrected chi connectivity index (χ4v) is 5.18. The van der Waals surface area contributed by atoms with Gasteiger partial charge in [-0.2, -0.15) is 9.97 Å². The third-order valence-electron chi connectivity index (χ3n) is 3.58. The van der Waals surface area contributed by atoms with Crippen molar-refractivity contribution in [1.29, 1.82) is 0 Å². The molecule has 0 spiro atoms. The Labute approximate surface area is 173 Å². The zero-order valence-corrected chi connectivity index (χ0v) is 17.9. The average Bonchev–Trinajstić information content (AvgIpc) is 2.71. The second-order valence-electron chi connectivity index (χ2n) is 5.59. The van der Waals surface area contributed by atoms with Gasteiger partial charge in [-0.3, -0.25) is 5.32 Å². The lowest BCUT2D eigenvalue weighted by Gasteiger charge is -2.12. The number of hydrogen-bond acceptors (Lipinski definition) is 10. The lowest BCUT2D eigenvalue weighted by atomic mass is 10.4. The van der Waals surface area contributed by atoms with Crippen molar-refractivity contribution < 1.29 is 35.8 Å². The van der Waals surface area contributed by atoms with E-state index in [-0.39, 0.29) is 24.3 Å². The van der Waals surface area contributed by atoms with Crippen LogP contribution in [0, 0.1) is 0 Å². The lowest BCUT2D eigenvalue weighted by Crippen LogP contribution is -2.35. The Hall–Kier alpha value is -2.97. The van der Waals surface area contributed by atoms with Crippen LogP contribution < -0.4 is 19.5 Å². The number of sulfonamides is 1. The predicted molar refractivity (Wildman–Crippen MR) is 105 cm³/mol. The zero-order valence-electron chi connectivity index (χ0n) is 16.3. The first kappa shape index (κ1) is 23.3. The van der Waals surface area contributed by atoms with Gasteiger partial charge in [0, 0.05) is 7.11 Å². The van der Waals surface area contributed by atoms with Crippen molar-refractivity contribution in [3.63, 3.8) is 0 Å². The number of carbonyl (C=O) groups excluding carboxylic acids is 1. The summed E-state index contributed by atoms with van der Waals surface area (Å²) in [6.07, 6.45) is 0. The highest BCUT2D eigenvalue weighted by atomic mass is 32.2. The van der Waals surface area contributed by atoms with E-state index >= 15 is 0 Å². The molecule has 0 radical (unpaired) electrons. The summed E-state index contributed by atoms with van der Waals surface area (Å²) in [4.78, 5) is 18.8. The Bertz CT molecular complexity index is 1100. The van der Waals surface area contributed by atoms with Gasteiger partial charge in [-0.1, -0.05) is 12.1 Å². The fraction of sp³-hybridized carbons (Fsp3) is 0.312. The van der Waals surface area contributed by atoms with Crippen molar-refractivity contribution in [2.24, 2.45) is 0 Å². The molecule has 0 fully saturated rings. The predicted octanol–water partition coefficient (Wildman–Crippen LogP) is 0.424. The second-order valence-corrected chi connectivity index (χ2v) is 9.32. The van der Waals surface area contributed by atoms with Crippen molar-refractivity contribution in [1.82, 2.24) is 14.7 Å². The normalized spacial score (nSPS) is 11.6. The molecule has 164 valence electrons. The monoisotopic (exact) mass is 460 g/mol. The molecule has 2 N–H and O–H groups in total. The van der Waals surface area contributed by atoms with Crippen LogP contribution in [0.3, 0.4) is 0 Å². The minimum Gasteiger partial charge on any atom is -0.481 e. The minimum atomic E-state index is -4.55. The highest BCUT2D eigenvalue weighted by molar-refractivity contribution is 7.94. The Kier molecular flexibility index (Phi) is 7.53. The summed E-state index contributed by atoms with van der Waals surface area (Å²) in [6.45, 7) is -0.125. The quantitative estimate of drug-likeness (QED) is 0.536. The third kappa shape index (κ3) is 5.77. The lowest BCUT2D eigenvalue weighted by molar-refractivity contribution is 0.217. The Morgan fingerprint density at radius 1 is 0.967 bits per heavy atom. The van der Waals surface area contributed by atoms with Crippen molar-refractivity contribution in [3.8, 4) is 11.8 Å². The van der Waals surface area contributed by atoms with Crippen LogP contribution >= 0.6 is 0 Å². The highest BCUT2D eigenvalue weighted by Gasteiger charge is 2.27. The number of sulfone groups is 1. The van der Waals surface area contributed by atoms with Gasteiger partial charge in [0.25, 0.3) is 10.0 Å². The van der Waals surface area contributed by atoms with Gasteiger partial charge >= 0.3 is 6.03 Å². The van der Waals surface area contributed by atoms with Crippen LogP contribution in [0.25, 0.3) is 0 Å². The van der Waals surface area contributed by atoms with E-state index in [1.54, 1.807) is 4.72 Å². The number of urea groups is 1. The number of aromatic nitrogens is 2. The fourth-order valence-electron chi connectivity index (χ4n) is 2.21. The molecule has 0 aliphatic heterocycles. The van der Waals surface area contributed by atoms with E-state index in [1.165, 1.54) is 39.5 Å². The molecule has 30 heavy (non-hydrogen) atoms. The van der Waals surface area contributed by atoms with Gasteiger partial charge in [0.15, 0.2) is 9.84 Å². The molecule has 2 amide bonds. The first-order chi connectivity index (χ1) is 14.1. The van der Waals surface area contributed by atoms with Crippen LogP contribution in [-0.2, 0) is 24.6 Å². The third-order valence-corrected chi connectivity index (χ3v) is 6.83. The molecule has 0 atom stereocenters. The number of anilines is 1. The largest absolute Gasteiger partial charge is 0.481 e. The number of hydrogen-bond donors (Lipinski definition) is 2. The second kappa shape index (κ2) is 9.69. The molecule has 2 aromatic rings. The van der Waals surface area contributed by atoms with Crippen LogP contribution in [0.5, 0.6) is 11.8 Å². The summed E-state index contributed by atoms with van der Waals surface area (Å²) in [5, 5.41) is 2.13. The summed E-state index contributed by atoms with van der Waals surface area (Å²) < 4.78 is 66.6. The summed E-state index contributed by atoms with van der Waals surface area (Å²) in [7, 11) is -4.55. The van der Waals surface area contributed by atoms with Crippen molar-refractivity contribution in [2.45, 2.75) is 9.79 Å². The van der Waals surface area contributed by atoms with Gasteiger partial charge in [-0.15, -0.1) is 0 Å². The van der Waals surface area contributed by atoms with Crippen LogP contribution in [0.1, 0.15) is 0 Å². The van der Waals surface area contributed by atoms with Gasteiger partial charge < -0.3 is 14.2 Å². The van der Waals surface area contributed by atoms with Gasteiger partial charge in [-0.05, 0) is 12.1 Å². The number of methoxy groups -OCH3 is 3. The maximum atomic E-state index is 12.7. The summed E-state index contributed by atoms with van der Waals surface area (Å²) in [5.74, 6) is -0.594. The average molecular weight is 460 g/mol. The molecule has 12 nitrogen and oxygen atoms in total. The minimum absolute atomic E-state index is 0.0644. The molecule has 14 heteroatoms. The van der Waals surface area contributed by atoms with Gasteiger partial charge in [-0.25, -0.2) is 26.4 Å². The molecule has 0 aliphatic carbocycles. The standard InChI is InChI=1S/C16H20N4O8S2/c1-26-8-9-29(22,23)11-6-4-5-7-12(11)30(24,25)20-16(21)19-15-17-13(27-2)10-14(18-15)28-3/h4-7,10H,8-9H2,1-3H3,(H2,17,18,19,20,21). The molecule has 0 bridgehead atoms. The van der Waals surface area contributed by atoms with E-state index in [0.717, 1.165) is 12.1 Å². The Morgan fingerprint density at radius 3 is 2.07 bits per heavy atom. The number of ether oxygens (including phenoxy) is 3. The van der Waals surface area contributed by atoms with E-state index in [9.17, 15) is 21.6 Å². The topological polar surface area (TPSA) is 163 Å². The summed E-state index contributed by atoms with van der Waals surface area (Å²) >= 11 is 0. The number of nitrogens with one attached hydrogen (secondary N) is 2. The number of rotatable bonds is 9. The molecule has 2 rings (SSSR count). The van der Waals surface area contributed by atoms with Crippen molar-refractivity contribution in [2.75, 3.05) is 39.0 Å². The molecule has 0 saturated heterocycles. The van der Waals surface area contributed by atoms with Gasteiger partial charge in [0.05, 0.1) is 37.5 Å². The van der Waals surface area contributed by atoms with E-state index in [4.69, 9.17) is 14.2 Å². The number of benzene rings is 1. The maximum absolute atomic E-state index is 12.7. The number of carbonyl (C=O) groups is 1. The van der Waals surface area contributed by atoms with Crippen molar-refractivity contribution in [3.05, 3.63) is 30.3 Å². The summed E-state index contributed by atoms with van der Waals surface area (Å²) in [6, 6.07) is 5.04. The summed E-state index contributed by atoms with van der Waals surface area (Å²) in [5.41, 5.74) is 0. The Morgan fingerprint density at radius 2 is 1.53 bits per heavy atom. The van der Waals surface area contributed by atoms with Crippen LogP contribution in [-0.4, -0.2) is 66.5 Å². The first-order valence-electron chi connectivity index (χ1n) is 8.24. The smallest absolute Gasteiger partial charge is 0.335 e. The van der Waals surface area contributed by atoms with E-state index < -0.39 is 41.4 Å². The zero-order chi connectivity index (χ0) is 22.4. The number of nitrogens with zero attached hydrogens (tertiary/aromatic N) is 2. The number of amides is 2. The molecule has 0 saturated carbocycles. The van der Waals surface area contributed by atoms with Crippen molar-refractivity contribution >= 4 is 31.8 Å². The first-order valence-corrected chi connectivity index (χ1v) is 11.4. The molecular weight excluding hydrogens is 440 g/mol. The molecule has 0 unspecified atom stereocenters. The van der Waals surface area contributed by atoms with Crippen LogP contribution in [0.2, 0.25) is 0 Å². The Balaban J connectivity index is 2.29. The highest BCUT2D eigenvalue weighted by Crippen LogP contribution is 2.22. The molecule has 1 heterocycles. The SMILES string of the molecule is COCCS(=O)(=O)c1ccccc1S(=O)(=O)NC(=O)Nc1nc(OC)cc(OC)n1. The maximum Gasteiger partial charge on any atom is 0.335 e. The van der Waals surface area contributed by atoms with Crippen LogP contribution in [0.15, 0.2) is 40.1 Å². The van der Waals surface area contributed by atoms with Gasteiger partial charge in [0.1, 0.15) is 4.90 Å². The molecule has 1 aromatic carbocycles.